The lowest BCUT2D eigenvalue weighted by Crippen LogP contribution is -2.19. The van der Waals surface area contributed by atoms with Crippen LogP contribution in [0.2, 0.25) is 0 Å². The van der Waals surface area contributed by atoms with Crippen molar-refractivity contribution >= 4 is 17.6 Å². The Morgan fingerprint density at radius 2 is 1.94 bits per heavy atom. The van der Waals surface area contributed by atoms with Gasteiger partial charge >= 0.3 is 5.97 Å². The fourth-order valence-corrected chi connectivity index (χ4v) is 3.41. The summed E-state index contributed by atoms with van der Waals surface area (Å²) in [7, 11) is 0. The third-order valence-corrected chi connectivity index (χ3v) is 5.06. The number of terminal acetylenes is 1. The van der Waals surface area contributed by atoms with E-state index in [-0.39, 0.29) is 12.6 Å². The van der Waals surface area contributed by atoms with Crippen LogP contribution in [0.3, 0.4) is 0 Å². The Kier molecular flexibility index (Phi) is 13.0. The maximum absolute atomic E-state index is 11.6. The molecule has 0 spiro atoms. The number of carbonyl (C=O) groups is 1. The number of aryl methyl sites for hydroxylation is 1. The van der Waals surface area contributed by atoms with Gasteiger partial charge in [0.1, 0.15) is 6.61 Å². The molecule has 3 rings (SSSR count). The molecule has 8 nitrogen and oxygen atoms in total. The van der Waals surface area contributed by atoms with E-state index in [1.165, 1.54) is 24.5 Å². The molecule has 8 heteroatoms. The van der Waals surface area contributed by atoms with Crippen molar-refractivity contribution in [3.63, 3.8) is 0 Å². The van der Waals surface area contributed by atoms with Crippen LogP contribution < -0.4 is 0 Å². The number of hydrogen-bond donors (Lipinski definition) is 1. The molecule has 0 unspecified atom stereocenters. The highest BCUT2D eigenvalue weighted by Crippen LogP contribution is 2.23. The molecular formula is C27H32N2O6. The molecule has 1 saturated heterocycles. The Balaban J connectivity index is 0.000000540. The first-order valence-electron chi connectivity index (χ1n) is 11.4. The second kappa shape index (κ2) is 16.3. The van der Waals surface area contributed by atoms with Gasteiger partial charge < -0.3 is 4.74 Å². The predicted molar refractivity (Wildman–Crippen MR) is 133 cm³/mol. The summed E-state index contributed by atoms with van der Waals surface area (Å²) in [6.45, 7) is 7.45. The van der Waals surface area contributed by atoms with Gasteiger partial charge in [-0.05, 0) is 73.6 Å². The number of likely N-dealkylation sites (tertiary alicyclic amines) is 1. The van der Waals surface area contributed by atoms with Gasteiger partial charge in [0.25, 0.3) is 0 Å². The zero-order valence-electron chi connectivity index (χ0n) is 20.2. The fourth-order valence-electron chi connectivity index (χ4n) is 3.41. The van der Waals surface area contributed by atoms with Crippen molar-refractivity contribution in [1.29, 1.82) is 0 Å². The molecule has 1 fully saturated rings. The van der Waals surface area contributed by atoms with Crippen LogP contribution in [0, 0.1) is 19.3 Å². The Morgan fingerprint density at radius 3 is 2.60 bits per heavy atom. The van der Waals surface area contributed by atoms with Crippen LogP contribution in [0.15, 0.2) is 54.6 Å². The summed E-state index contributed by atoms with van der Waals surface area (Å²) in [6, 6.07) is 14.4. The molecule has 1 aromatic heterocycles. The normalized spacial score (nSPS) is 13.8. The molecule has 1 aliphatic rings. The third-order valence-electron chi connectivity index (χ3n) is 5.06. The number of carbonyl (C=O) groups excluding carboxylic acids is 1. The van der Waals surface area contributed by atoms with Gasteiger partial charge in [0.05, 0.1) is 18.0 Å². The molecule has 0 bridgehead atoms. The molecule has 0 radical (unpaired) electrons. The number of hydrogen-bond acceptors (Lipinski definition) is 8. The largest absolute Gasteiger partial charge is 0.463 e. The van der Waals surface area contributed by atoms with Gasteiger partial charge in [0.15, 0.2) is 0 Å². The Labute approximate surface area is 206 Å². The lowest BCUT2D eigenvalue weighted by molar-refractivity contribution is -0.620. The average molecular weight is 481 g/mol. The van der Waals surface area contributed by atoms with Gasteiger partial charge in [-0.15, -0.1) is 6.42 Å². The van der Waals surface area contributed by atoms with Crippen LogP contribution in [0.1, 0.15) is 42.3 Å². The molecule has 1 aliphatic heterocycles. The van der Waals surface area contributed by atoms with E-state index in [0.29, 0.717) is 6.61 Å². The highest BCUT2D eigenvalue weighted by molar-refractivity contribution is 5.87. The van der Waals surface area contributed by atoms with Crippen molar-refractivity contribution < 1.29 is 29.8 Å². The van der Waals surface area contributed by atoms with Gasteiger partial charge in [-0.3, -0.25) is 4.90 Å². The summed E-state index contributed by atoms with van der Waals surface area (Å²) in [5, 5.41) is 13.9. The number of aromatic nitrogens is 1. The van der Waals surface area contributed by atoms with E-state index in [9.17, 15) is 4.79 Å². The number of benzene rings is 1. The van der Waals surface area contributed by atoms with E-state index < -0.39 is 0 Å². The van der Waals surface area contributed by atoms with Crippen LogP contribution in [0.4, 0.5) is 0 Å². The van der Waals surface area contributed by atoms with E-state index in [2.05, 4.69) is 69.5 Å². The molecule has 0 atom stereocenters. The van der Waals surface area contributed by atoms with Gasteiger partial charge in [-0.1, -0.05) is 47.9 Å². The zero-order valence-corrected chi connectivity index (χ0v) is 20.2. The number of rotatable bonds is 10. The summed E-state index contributed by atoms with van der Waals surface area (Å²) in [6.07, 6.45) is 12.6. The van der Waals surface area contributed by atoms with Gasteiger partial charge in [-0.2, -0.15) is 4.89 Å². The van der Waals surface area contributed by atoms with E-state index in [0.717, 1.165) is 42.2 Å². The first-order valence-corrected chi connectivity index (χ1v) is 11.4. The number of nitrogens with zero attached hydrogens (tertiary/aromatic N) is 2. The smallest absolute Gasteiger partial charge is 0.330 e. The molecule has 0 saturated carbocycles. The van der Waals surface area contributed by atoms with E-state index >= 15 is 0 Å². The lowest BCUT2D eigenvalue weighted by atomic mass is 10.00. The minimum atomic E-state index is -0.349. The Hall–Kier alpha value is -3.32. The van der Waals surface area contributed by atoms with E-state index in [1.807, 2.05) is 18.2 Å². The second-order valence-electron chi connectivity index (χ2n) is 7.63. The highest BCUT2D eigenvalue weighted by atomic mass is 17.6. The quantitative estimate of drug-likeness (QED) is 0.133. The maximum atomic E-state index is 11.6. The molecule has 1 N–H and O–H groups in total. The molecule has 0 amide bonds. The number of esters is 1. The summed E-state index contributed by atoms with van der Waals surface area (Å²) >= 11 is 0. The summed E-state index contributed by atoms with van der Waals surface area (Å²) in [5.41, 5.74) is 5.17. The summed E-state index contributed by atoms with van der Waals surface area (Å²) < 4.78 is 4.95. The second-order valence-corrected chi connectivity index (χ2v) is 7.63. The molecule has 2 aromatic rings. The van der Waals surface area contributed by atoms with Crippen LogP contribution >= 0.6 is 0 Å². The first-order chi connectivity index (χ1) is 17.1. The van der Waals surface area contributed by atoms with Crippen molar-refractivity contribution in [2.24, 2.45) is 0 Å². The number of ether oxygens (including phenoxy) is 1. The first kappa shape index (κ1) is 27.9. The van der Waals surface area contributed by atoms with E-state index in [1.54, 1.807) is 13.0 Å². The summed E-state index contributed by atoms with van der Waals surface area (Å²) in [5.74, 6) is 1.72. The predicted octanol–water partition coefficient (Wildman–Crippen LogP) is 4.47. The topological polar surface area (TPSA) is 90.3 Å². The minimum absolute atomic E-state index is 0.0550. The highest BCUT2D eigenvalue weighted by Gasteiger charge is 2.12. The maximum Gasteiger partial charge on any atom is 0.330 e. The lowest BCUT2D eigenvalue weighted by Gasteiger charge is -2.14. The minimum Gasteiger partial charge on any atom is -0.463 e. The third kappa shape index (κ3) is 10.6. The van der Waals surface area contributed by atoms with Crippen molar-refractivity contribution in [2.45, 2.75) is 26.7 Å². The van der Waals surface area contributed by atoms with Gasteiger partial charge in [0.2, 0.25) is 0 Å². The molecule has 186 valence electrons. The fraction of sp³-hybridized carbons (Fsp3) is 0.333. The van der Waals surface area contributed by atoms with Crippen LogP contribution in [0.5, 0.6) is 0 Å². The van der Waals surface area contributed by atoms with Crippen LogP contribution in [-0.4, -0.2) is 54.0 Å². The monoisotopic (exact) mass is 480 g/mol. The SMILES string of the molecule is C#CCOOOO.CCOC(=O)/C=C/c1cccc(/C(=C/CN2CCCC2)c2ccc(C)cc2)n1. The molecule has 1 aromatic carbocycles. The van der Waals surface area contributed by atoms with Crippen molar-refractivity contribution in [1.82, 2.24) is 9.88 Å². The van der Waals surface area contributed by atoms with E-state index in [4.69, 9.17) is 15.0 Å². The van der Waals surface area contributed by atoms with Crippen molar-refractivity contribution in [2.75, 3.05) is 32.8 Å². The molecular weight excluding hydrogens is 448 g/mol. The van der Waals surface area contributed by atoms with Crippen LogP contribution in [-0.2, 0) is 24.5 Å². The number of pyridine rings is 1. The van der Waals surface area contributed by atoms with Crippen LogP contribution in [0.25, 0.3) is 11.6 Å². The molecule has 2 heterocycles. The Morgan fingerprint density at radius 1 is 1.20 bits per heavy atom. The Bertz CT molecular complexity index is 1010. The zero-order chi connectivity index (χ0) is 25.3. The average Bonchev–Trinajstić information content (AvgIpc) is 3.39. The van der Waals surface area contributed by atoms with Gasteiger partial charge in [0, 0.05) is 18.2 Å². The molecule has 35 heavy (non-hydrogen) atoms. The van der Waals surface area contributed by atoms with Crippen molar-refractivity contribution in [3.8, 4) is 12.3 Å². The standard InChI is InChI=1S/C24H28N2O2.C3H4O4/c1-3-28-24(27)14-13-21-7-6-8-23(25-21)22(15-18-26-16-4-5-17-26)20-11-9-19(2)10-12-20;1-2-3-5-7-6-4/h6-15H,3-5,16-18H2,1-2H3;1,4H,3H2/b14-13+,22-15+;. The van der Waals surface area contributed by atoms with Crippen molar-refractivity contribution in [3.05, 3.63) is 77.1 Å². The summed E-state index contributed by atoms with van der Waals surface area (Å²) in [4.78, 5) is 22.7. The molecule has 0 aliphatic carbocycles. The van der Waals surface area contributed by atoms with Gasteiger partial charge in [-0.25, -0.2) is 15.0 Å².